The van der Waals surface area contributed by atoms with Crippen LogP contribution in [0.2, 0.25) is 0 Å². The topological polar surface area (TPSA) is 22.0 Å². The molecule has 2 heterocycles. The molecule has 0 bridgehead atoms. The number of pyridine rings is 1. The van der Waals surface area contributed by atoms with Crippen molar-refractivity contribution in [3.8, 4) is 0 Å². The van der Waals surface area contributed by atoms with Crippen LogP contribution in [0.25, 0.3) is 21.0 Å². The molecule has 0 fully saturated rings. The summed E-state index contributed by atoms with van der Waals surface area (Å²) in [6.45, 7) is 2.04. The van der Waals surface area contributed by atoms with Crippen LogP contribution in [0.5, 0.6) is 0 Å². The summed E-state index contributed by atoms with van der Waals surface area (Å²) >= 11 is 1.69. The van der Waals surface area contributed by atoms with E-state index in [-0.39, 0.29) is 5.56 Å². The number of benzene rings is 1. The smallest absolute Gasteiger partial charge is 0.259 e. The van der Waals surface area contributed by atoms with E-state index in [9.17, 15) is 4.79 Å². The standard InChI is InChI=1S/C13H11NOS/c1-8-7-10-12(16-8)9-5-3-4-6-11(9)14(2)13(10)15/h3-7H,1-2H3. The highest BCUT2D eigenvalue weighted by Crippen LogP contribution is 2.29. The molecular weight excluding hydrogens is 218 g/mol. The van der Waals surface area contributed by atoms with Crippen LogP contribution in [0.15, 0.2) is 35.1 Å². The van der Waals surface area contributed by atoms with Crippen LogP contribution >= 0.6 is 11.3 Å². The summed E-state index contributed by atoms with van der Waals surface area (Å²) in [5.74, 6) is 0. The molecule has 2 nitrogen and oxygen atoms in total. The van der Waals surface area contributed by atoms with Crippen molar-refractivity contribution in [2.75, 3.05) is 0 Å². The first-order valence-corrected chi connectivity index (χ1v) is 5.98. The molecule has 0 aliphatic heterocycles. The van der Waals surface area contributed by atoms with E-state index in [0.29, 0.717) is 0 Å². The monoisotopic (exact) mass is 229 g/mol. The second-order valence-electron chi connectivity index (χ2n) is 3.98. The molecule has 80 valence electrons. The lowest BCUT2D eigenvalue weighted by atomic mass is 10.2. The first-order chi connectivity index (χ1) is 7.68. The molecule has 0 saturated heterocycles. The van der Waals surface area contributed by atoms with Crippen LogP contribution in [0.4, 0.5) is 0 Å². The Labute approximate surface area is 96.8 Å². The maximum Gasteiger partial charge on any atom is 0.259 e. The molecule has 0 atom stereocenters. The molecule has 0 spiro atoms. The van der Waals surface area contributed by atoms with E-state index in [0.717, 1.165) is 21.0 Å². The van der Waals surface area contributed by atoms with Crippen molar-refractivity contribution in [2.24, 2.45) is 7.05 Å². The fourth-order valence-corrected chi connectivity index (χ4v) is 3.16. The van der Waals surface area contributed by atoms with Gasteiger partial charge in [-0.05, 0) is 19.1 Å². The van der Waals surface area contributed by atoms with E-state index in [2.05, 4.69) is 6.07 Å². The van der Waals surface area contributed by atoms with Gasteiger partial charge < -0.3 is 4.57 Å². The van der Waals surface area contributed by atoms with Crippen LogP contribution in [-0.2, 0) is 7.05 Å². The van der Waals surface area contributed by atoms with Gasteiger partial charge in [0, 0.05) is 22.0 Å². The van der Waals surface area contributed by atoms with Crippen molar-refractivity contribution in [3.05, 3.63) is 45.6 Å². The number of fused-ring (bicyclic) bond motifs is 3. The molecule has 0 amide bonds. The van der Waals surface area contributed by atoms with Gasteiger partial charge in [-0.15, -0.1) is 11.3 Å². The van der Waals surface area contributed by atoms with Crippen LogP contribution in [0, 0.1) is 6.92 Å². The summed E-state index contributed by atoms with van der Waals surface area (Å²) in [5.41, 5.74) is 1.10. The molecule has 16 heavy (non-hydrogen) atoms. The van der Waals surface area contributed by atoms with E-state index in [1.54, 1.807) is 15.9 Å². The van der Waals surface area contributed by atoms with E-state index in [1.807, 2.05) is 38.2 Å². The summed E-state index contributed by atoms with van der Waals surface area (Å²) < 4.78 is 2.83. The number of aryl methyl sites for hydroxylation is 2. The zero-order chi connectivity index (χ0) is 11.3. The summed E-state index contributed by atoms with van der Waals surface area (Å²) in [6, 6.07) is 10.0. The second kappa shape index (κ2) is 3.19. The predicted molar refractivity (Wildman–Crippen MR) is 69.3 cm³/mol. The third-order valence-electron chi connectivity index (χ3n) is 2.90. The zero-order valence-corrected chi connectivity index (χ0v) is 9.97. The van der Waals surface area contributed by atoms with E-state index in [4.69, 9.17) is 0 Å². The number of hydrogen-bond donors (Lipinski definition) is 0. The van der Waals surface area contributed by atoms with Crippen molar-refractivity contribution < 1.29 is 0 Å². The van der Waals surface area contributed by atoms with Crippen LogP contribution < -0.4 is 5.56 Å². The van der Waals surface area contributed by atoms with E-state index in [1.165, 1.54) is 4.88 Å². The van der Waals surface area contributed by atoms with Gasteiger partial charge in [0.05, 0.1) is 10.9 Å². The minimum absolute atomic E-state index is 0.0954. The Kier molecular flexibility index (Phi) is 1.91. The Bertz CT molecular complexity index is 752. The van der Waals surface area contributed by atoms with Gasteiger partial charge in [-0.1, -0.05) is 18.2 Å². The molecule has 0 saturated carbocycles. The first-order valence-electron chi connectivity index (χ1n) is 5.16. The summed E-state index contributed by atoms with van der Waals surface area (Å²) in [7, 11) is 1.83. The summed E-state index contributed by atoms with van der Waals surface area (Å²) in [5, 5.41) is 2.00. The molecule has 0 aliphatic rings. The Hall–Kier alpha value is -1.61. The van der Waals surface area contributed by atoms with Gasteiger partial charge in [0.15, 0.2) is 0 Å². The maximum atomic E-state index is 12.1. The minimum atomic E-state index is 0.0954. The number of para-hydroxylation sites is 1. The Morgan fingerprint density at radius 1 is 1.19 bits per heavy atom. The van der Waals surface area contributed by atoms with Gasteiger partial charge in [0.25, 0.3) is 5.56 Å². The minimum Gasteiger partial charge on any atom is -0.311 e. The Balaban J connectivity index is 2.73. The number of nitrogens with zero attached hydrogens (tertiary/aromatic N) is 1. The van der Waals surface area contributed by atoms with Gasteiger partial charge >= 0.3 is 0 Å². The lowest BCUT2D eigenvalue weighted by molar-refractivity contribution is 0.919. The molecule has 3 rings (SSSR count). The molecule has 3 aromatic rings. The highest BCUT2D eigenvalue weighted by atomic mass is 32.1. The van der Waals surface area contributed by atoms with E-state index < -0.39 is 0 Å². The van der Waals surface area contributed by atoms with Crippen molar-refractivity contribution in [1.82, 2.24) is 4.57 Å². The highest BCUT2D eigenvalue weighted by Gasteiger charge is 2.09. The fraction of sp³-hybridized carbons (Fsp3) is 0.154. The lowest BCUT2D eigenvalue weighted by Crippen LogP contribution is -2.16. The van der Waals surface area contributed by atoms with Gasteiger partial charge in [-0.25, -0.2) is 0 Å². The van der Waals surface area contributed by atoms with Crippen LogP contribution in [0.1, 0.15) is 4.88 Å². The largest absolute Gasteiger partial charge is 0.311 e. The van der Waals surface area contributed by atoms with Gasteiger partial charge in [0.2, 0.25) is 0 Å². The number of thiophene rings is 1. The third-order valence-corrected chi connectivity index (χ3v) is 3.98. The average Bonchev–Trinajstić information content (AvgIpc) is 2.68. The maximum absolute atomic E-state index is 12.1. The number of aromatic nitrogens is 1. The van der Waals surface area contributed by atoms with Crippen molar-refractivity contribution in [1.29, 1.82) is 0 Å². The number of hydrogen-bond acceptors (Lipinski definition) is 2. The first kappa shape index (κ1) is 9.60. The lowest BCUT2D eigenvalue weighted by Gasteiger charge is -2.05. The van der Waals surface area contributed by atoms with Gasteiger partial charge in [0.1, 0.15) is 0 Å². The van der Waals surface area contributed by atoms with Gasteiger partial charge in [-0.2, -0.15) is 0 Å². The molecule has 1 aromatic carbocycles. The third kappa shape index (κ3) is 1.15. The molecule has 0 aliphatic carbocycles. The number of rotatable bonds is 0. The Morgan fingerprint density at radius 3 is 2.75 bits per heavy atom. The molecule has 0 N–H and O–H groups in total. The predicted octanol–water partition coefficient (Wildman–Crippen LogP) is 3.06. The van der Waals surface area contributed by atoms with Crippen LogP contribution in [-0.4, -0.2) is 4.57 Å². The van der Waals surface area contributed by atoms with Crippen molar-refractivity contribution in [3.63, 3.8) is 0 Å². The van der Waals surface area contributed by atoms with Crippen LogP contribution in [0.3, 0.4) is 0 Å². The van der Waals surface area contributed by atoms with Crippen molar-refractivity contribution in [2.45, 2.75) is 6.92 Å². The molecule has 0 radical (unpaired) electrons. The highest BCUT2D eigenvalue weighted by molar-refractivity contribution is 7.20. The molecular formula is C13H11NOS. The Morgan fingerprint density at radius 2 is 1.94 bits per heavy atom. The molecule has 0 unspecified atom stereocenters. The SMILES string of the molecule is Cc1cc2c(=O)n(C)c3ccccc3c2s1. The summed E-state index contributed by atoms with van der Waals surface area (Å²) in [4.78, 5) is 13.3. The molecule has 3 heteroatoms. The quantitative estimate of drug-likeness (QED) is 0.580. The zero-order valence-electron chi connectivity index (χ0n) is 9.15. The summed E-state index contributed by atoms with van der Waals surface area (Å²) in [6.07, 6.45) is 0. The fourth-order valence-electron chi connectivity index (χ4n) is 2.12. The van der Waals surface area contributed by atoms with Crippen molar-refractivity contribution >= 4 is 32.3 Å². The normalized spacial score (nSPS) is 11.4. The molecule has 2 aromatic heterocycles. The van der Waals surface area contributed by atoms with Gasteiger partial charge in [-0.3, -0.25) is 4.79 Å². The van der Waals surface area contributed by atoms with E-state index >= 15 is 0 Å². The average molecular weight is 229 g/mol. The second-order valence-corrected chi connectivity index (χ2v) is 5.24.